The first-order valence-electron chi connectivity index (χ1n) is 8.60. The fourth-order valence-electron chi connectivity index (χ4n) is 3.11. The fraction of sp³-hybridized carbons (Fsp3) is 0.667. The van der Waals surface area contributed by atoms with Crippen molar-refractivity contribution < 1.29 is 5.11 Å². The van der Waals surface area contributed by atoms with Crippen LogP contribution in [0.3, 0.4) is 0 Å². The van der Waals surface area contributed by atoms with Gasteiger partial charge >= 0.3 is 0 Å². The fourth-order valence-corrected chi connectivity index (χ4v) is 3.11. The van der Waals surface area contributed by atoms with Crippen molar-refractivity contribution in [3.05, 3.63) is 35.9 Å². The third-order valence-corrected chi connectivity index (χ3v) is 4.55. The number of aliphatic hydroxyl groups excluding tert-OH is 1. The molecule has 1 aromatic rings. The Morgan fingerprint density at radius 1 is 1.00 bits per heavy atom. The summed E-state index contributed by atoms with van der Waals surface area (Å²) < 4.78 is 0. The van der Waals surface area contributed by atoms with Gasteiger partial charge in [0, 0.05) is 45.8 Å². The van der Waals surface area contributed by atoms with Crippen LogP contribution in [0.4, 0.5) is 0 Å². The molecule has 0 saturated carbocycles. The summed E-state index contributed by atoms with van der Waals surface area (Å²) in [6.07, 6.45) is -0.236. The van der Waals surface area contributed by atoms with Crippen molar-refractivity contribution in [2.75, 3.05) is 52.4 Å². The summed E-state index contributed by atoms with van der Waals surface area (Å²) in [5.41, 5.74) is 1.39. The van der Waals surface area contributed by atoms with Crippen LogP contribution in [0.25, 0.3) is 0 Å². The van der Waals surface area contributed by atoms with Crippen LogP contribution in [0.1, 0.15) is 19.4 Å². The Balaban J connectivity index is 1.68. The maximum atomic E-state index is 10.2. The van der Waals surface area contributed by atoms with Crippen LogP contribution in [0.15, 0.2) is 30.3 Å². The molecule has 1 fully saturated rings. The highest BCUT2D eigenvalue weighted by Crippen LogP contribution is 2.09. The first-order chi connectivity index (χ1) is 10.7. The molecule has 1 saturated heterocycles. The maximum Gasteiger partial charge on any atom is 0.0793 e. The van der Waals surface area contributed by atoms with Crippen molar-refractivity contribution in [2.45, 2.75) is 26.5 Å². The van der Waals surface area contributed by atoms with E-state index in [0.29, 0.717) is 0 Å². The Morgan fingerprint density at radius 2 is 1.59 bits per heavy atom. The molecule has 4 heteroatoms. The zero-order valence-corrected chi connectivity index (χ0v) is 14.1. The highest BCUT2D eigenvalue weighted by molar-refractivity contribution is 5.14. The van der Waals surface area contributed by atoms with Crippen LogP contribution in [0, 0.1) is 0 Å². The molecule has 1 aliphatic heterocycles. The van der Waals surface area contributed by atoms with Crippen LogP contribution < -0.4 is 0 Å². The predicted molar refractivity (Wildman–Crippen MR) is 92.0 cm³/mol. The lowest BCUT2D eigenvalue weighted by atomic mass is 10.2. The topological polar surface area (TPSA) is 30.0 Å². The van der Waals surface area contributed by atoms with E-state index < -0.39 is 0 Å². The van der Waals surface area contributed by atoms with Gasteiger partial charge in [-0.2, -0.15) is 0 Å². The predicted octanol–water partition coefficient (Wildman–Crippen LogP) is 1.51. The van der Waals surface area contributed by atoms with Gasteiger partial charge in [0.2, 0.25) is 0 Å². The van der Waals surface area contributed by atoms with Crippen molar-refractivity contribution in [3.63, 3.8) is 0 Å². The SMILES string of the molecule is CCN(CC)CC(O)CN1CCN(Cc2ccccc2)CC1. The van der Waals surface area contributed by atoms with E-state index in [9.17, 15) is 5.11 Å². The van der Waals surface area contributed by atoms with E-state index >= 15 is 0 Å². The van der Waals surface area contributed by atoms with E-state index in [-0.39, 0.29) is 6.10 Å². The smallest absolute Gasteiger partial charge is 0.0793 e. The van der Waals surface area contributed by atoms with Crippen LogP contribution >= 0.6 is 0 Å². The average molecular weight is 305 g/mol. The van der Waals surface area contributed by atoms with Crippen molar-refractivity contribution in [3.8, 4) is 0 Å². The van der Waals surface area contributed by atoms with Gasteiger partial charge in [0.05, 0.1) is 6.10 Å². The van der Waals surface area contributed by atoms with Gasteiger partial charge in [-0.15, -0.1) is 0 Å². The zero-order valence-electron chi connectivity index (χ0n) is 14.1. The number of nitrogens with zero attached hydrogens (tertiary/aromatic N) is 3. The molecule has 4 nitrogen and oxygen atoms in total. The second-order valence-electron chi connectivity index (χ2n) is 6.20. The number of hydrogen-bond acceptors (Lipinski definition) is 4. The summed E-state index contributed by atoms with van der Waals surface area (Å²) in [7, 11) is 0. The van der Waals surface area contributed by atoms with Gasteiger partial charge < -0.3 is 10.0 Å². The highest BCUT2D eigenvalue weighted by Gasteiger charge is 2.20. The van der Waals surface area contributed by atoms with Crippen LogP contribution in [-0.2, 0) is 6.54 Å². The first-order valence-corrected chi connectivity index (χ1v) is 8.60. The summed E-state index contributed by atoms with van der Waals surface area (Å²) in [4.78, 5) is 7.19. The Labute approximate surface area is 135 Å². The maximum absolute atomic E-state index is 10.2. The Kier molecular flexibility index (Phi) is 7.33. The normalized spacial score (nSPS) is 18.7. The number of likely N-dealkylation sites (N-methyl/N-ethyl adjacent to an activating group) is 1. The molecule has 0 aromatic heterocycles. The van der Waals surface area contributed by atoms with Crippen molar-refractivity contribution >= 4 is 0 Å². The lowest BCUT2D eigenvalue weighted by molar-refractivity contribution is 0.0509. The van der Waals surface area contributed by atoms with Gasteiger partial charge in [-0.25, -0.2) is 0 Å². The average Bonchev–Trinajstić information content (AvgIpc) is 2.55. The second-order valence-corrected chi connectivity index (χ2v) is 6.20. The number of rotatable bonds is 8. The quantitative estimate of drug-likeness (QED) is 0.788. The van der Waals surface area contributed by atoms with Crippen LogP contribution in [-0.4, -0.2) is 78.3 Å². The van der Waals surface area contributed by atoms with Gasteiger partial charge in [0.1, 0.15) is 0 Å². The summed E-state index contributed by atoms with van der Waals surface area (Å²) in [6.45, 7) is 13.3. The van der Waals surface area contributed by atoms with Crippen LogP contribution in [0.5, 0.6) is 0 Å². The minimum Gasteiger partial charge on any atom is -0.390 e. The molecule has 2 rings (SSSR count). The molecule has 22 heavy (non-hydrogen) atoms. The number of hydrogen-bond donors (Lipinski definition) is 1. The van der Waals surface area contributed by atoms with E-state index in [2.05, 4.69) is 58.9 Å². The molecular weight excluding hydrogens is 274 g/mol. The molecule has 1 heterocycles. The zero-order chi connectivity index (χ0) is 15.8. The minimum atomic E-state index is -0.236. The summed E-state index contributed by atoms with van der Waals surface area (Å²) in [6, 6.07) is 10.7. The third kappa shape index (κ3) is 5.69. The van der Waals surface area contributed by atoms with Gasteiger partial charge in [-0.1, -0.05) is 44.2 Å². The van der Waals surface area contributed by atoms with E-state index in [1.807, 2.05) is 0 Å². The van der Waals surface area contributed by atoms with Gasteiger partial charge in [0.25, 0.3) is 0 Å². The lowest BCUT2D eigenvalue weighted by Gasteiger charge is -2.36. The molecule has 0 spiro atoms. The van der Waals surface area contributed by atoms with E-state index in [0.717, 1.165) is 58.9 Å². The van der Waals surface area contributed by atoms with Gasteiger partial charge in [-0.05, 0) is 18.7 Å². The Hall–Kier alpha value is -0.940. The van der Waals surface area contributed by atoms with Gasteiger partial charge in [-0.3, -0.25) is 9.80 Å². The molecule has 0 amide bonds. The molecule has 1 atom stereocenters. The molecular formula is C18H31N3O. The Morgan fingerprint density at radius 3 is 2.18 bits per heavy atom. The Bertz CT molecular complexity index is 400. The molecule has 0 radical (unpaired) electrons. The third-order valence-electron chi connectivity index (χ3n) is 4.55. The van der Waals surface area contributed by atoms with E-state index in [1.54, 1.807) is 0 Å². The molecule has 124 valence electrons. The molecule has 1 aromatic carbocycles. The van der Waals surface area contributed by atoms with E-state index in [1.165, 1.54) is 5.56 Å². The van der Waals surface area contributed by atoms with E-state index in [4.69, 9.17) is 0 Å². The number of benzene rings is 1. The number of β-amino-alcohol motifs (C(OH)–C–C–N with tert-alkyl or cyclic N) is 1. The molecule has 0 aliphatic carbocycles. The standard InChI is InChI=1S/C18H31N3O/c1-3-19(4-2)15-18(22)16-21-12-10-20(11-13-21)14-17-8-6-5-7-9-17/h5-9,18,22H,3-4,10-16H2,1-2H3. The van der Waals surface area contributed by atoms with Crippen molar-refractivity contribution in [1.82, 2.24) is 14.7 Å². The first kappa shape index (κ1) is 17.4. The minimum absolute atomic E-state index is 0.236. The molecule has 1 aliphatic rings. The number of aliphatic hydroxyl groups is 1. The highest BCUT2D eigenvalue weighted by atomic mass is 16.3. The van der Waals surface area contributed by atoms with Crippen molar-refractivity contribution in [2.24, 2.45) is 0 Å². The summed E-state index contributed by atoms with van der Waals surface area (Å²) in [5, 5.41) is 10.2. The number of piperazine rings is 1. The summed E-state index contributed by atoms with van der Waals surface area (Å²) in [5.74, 6) is 0. The monoisotopic (exact) mass is 305 g/mol. The van der Waals surface area contributed by atoms with Crippen LogP contribution in [0.2, 0.25) is 0 Å². The molecule has 1 N–H and O–H groups in total. The van der Waals surface area contributed by atoms with Crippen molar-refractivity contribution in [1.29, 1.82) is 0 Å². The second kappa shape index (κ2) is 9.26. The largest absolute Gasteiger partial charge is 0.390 e. The lowest BCUT2D eigenvalue weighted by Crippen LogP contribution is -2.49. The molecule has 0 bridgehead atoms. The summed E-state index contributed by atoms with van der Waals surface area (Å²) >= 11 is 0. The van der Waals surface area contributed by atoms with Gasteiger partial charge in [0.15, 0.2) is 0 Å². The molecule has 1 unspecified atom stereocenters.